The number of aromatic nitrogens is 1. The third-order valence-corrected chi connectivity index (χ3v) is 3.98. The molecule has 120 valence electrons. The predicted molar refractivity (Wildman–Crippen MR) is 89.1 cm³/mol. The summed E-state index contributed by atoms with van der Waals surface area (Å²) in [6.07, 6.45) is 1.61. The topological polar surface area (TPSA) is 86.1 Å². The van der Waals surface area contributed by atoms with Crippen molar-refractivity contribution in [2.24, 2.45) is 0 Å². The molecule has 0 aliphatic carbocycles. The van der Waals surface area contributed by atoms with Gasteiger partial charge in [0.15, 0.2) is 0 Å². The molecule has 3 rings (SSSR count). The summed E-state index contributed by atoms with van der Waals surface area (Å²) in [6, 6.07) is 15.7. The number of hydrogen-bond donors (Lipinski definition) is 2. The Morgan fingerprint density at radius 1 is 1.25 bits per heavy atom. The molecule has 0 radical (unpaired) electrons. The van der Waals surface area contributed by atoms with Gasteiger partial charge in [-0.3, -0.25) is 0 Å². The Morgan fingerprint density at radius 2 is 1.96 bits per heavy atom. The summed E-state index contributed by atoms with van der Waals surface area (Å²) < 4.78 is 5.12. The lowest BCUT2D eigenvalue weighted by Crippen LogP contribution is -2.38. The molecule has 0 unspecified atom stereocenters. The second kappa shape index (κ2) is 6.19. The number of nitriles is 1. The number of ether oxygens (including phenoxy) is 1. The van der Waals surface area contributed by atoms with Crippen molar-refractivity contribution >= 4 is 16.9 Å². The average Bonchev–Trinajstić information content (AvgIpc) is 3.06. The zero-order chi connectivity index (χ0) is 17.2. The first-order valence-electron chi connectivity index (χ1n) is 7.58. The van der Waals surface area contributed by atoms with Crippen LogP contribution in [0.5, 0.6) is 0 Å². The van der Waals surface area contributed by atoms with E-state index in [9.17, 15) is 9.90 Å². The van der Waals surface area contributed by atoms with Crippen molar-refractivity contribution < 1.29 is 14.6 Å². The summed E-state index contributed by atoms with van der Waals surface area (Å²) in [5.74, 6) is -0.750. The molecule has 0 saturated heterocycles. The van der Waals surface area contributed by atoms with Crippen LogP contribution in [-0.4, -0.2) is 22.7 Å². The van der Waals surface area contributed by atoms with E-state index >= 15 is 0 Å². The molecule has 2 N–H and O–H groups in total. The Morgan fingerprint density at radius 3 is 2.62 bits per heavy atom. The Hall–Kier alpha value is -3.10. The fourth-order valence-corrected chi connectivity index (χ4v) is 2.78. The number of H-pyrrole nitrogens is 1. The van der Waals surface area contributed by atoms with Crippen LogP contribution in [0.4, 0.5) is 0 Å². The normalized spacial score (nSPS) is 13.2. The number of esters is 1. The molecule has 24 heavy (non-hydrogen) atoms. The maximum absolute atomic E-state index is 12.6. The number of nitrogens with one attached hydrogen (secondary N) is 1. The molecule has 0 saturated carbocycles. The molecule has 0 spiro atoms. The average molecular weight is 320 g/mol. The highest BCUT2D eigenvalue weighted by molar-refractivity contribution is 5.94. The van der Waals surface area contributed by atoms with E-state index in [1.165, 1.54) is 0 Å². The van der Waals surface area contributed by atoms with Crippen molar-refractivity contribution in [2.75, 3.05) is 6.61 Å². The van der Waals surface area contributed by atoms with Crippen LogP contribution in [0.1, 0.15) is 23.6 Å². The van der Waals surface area contributed by atoms with E-state index < -0.39 is 11.6 Å². The van der Waals surface area contributed by atoms with E-state index in [0.717, 1.165) is 10.9 Å². The van der Waals surface area contributed by atoms with Crippen LogP contribution in [0.3, 0.4) is 0 Å². The summed E-state index contributed by atoms with van der Waals surface area (Å²) in [6.45, 7) is 1.84. The van der Waals surface area contributed by atoms with E-state index in [-0.39, 0.29) is 6.61 Å². The van der Waals surface area contributed by atoms with E-state index in [1.807, 2.05) is 30.3 Å². The molecule has 2 aromatic carbocycles. The van der Waals surface area contributed by atoms with Gasteiger partial charge in [-0.25, -0.2) is 4.79 Å². The molecule has 0 fully saturated rings. The van der Waals surface area contributed by atoms with Gasteiger partial charge in [0.25, 0.3) is 0 Å². The number of carbonyl (C=O) groups is 1. The third kappa shape index (κ3) is 2.43. The minimum absolute atomic E-state index is 0.153. The van der Waals surface area contributed by atoms with Gasteiger partial charge in [-0.2, -0.15) is 5.26 Å². The molecule has 1 heterocycles. The number of carbonyl (C=O) groups excluding carboxylic acids is 1. The molecule has 1 aromatic heterocycles. The maximum atomic E-state index is 12.6. The first-order valence-corrected chi connectivity index (χ1v) is 7.58. The minimum atomic E-state index is -1.95. The van der Waals surface area contributed by atoms with Crippen LogP contribution in [-0.2, 0) is 15.1 Å². The molecule has 5 nitrogen and oxygen atoms in total. The highest BCUT2D eigenvalue weighted by atomic mass is 16.5. The van der Waals surface area contributed by atoms with Crippen LogP contribution < -0.4 is 0 Å². The lowest BCUT2D eigenvalue weighted by atomic mass is 9.85. The van der Waals surface area contributed by atoms with E-state index in [0.29, 0.717) is 16.7 Å². The zero-order valence-corrected chi connectivity index (χ0v) is 13.1. The van der Waals surface area contributed by atoms with Crippen LogP contribution in [0.15, 0.2) is 54.7 Å². The molecule has 0 aliphatic heterocycles. The number of aliphatic hydroxyl groups is 1. The first-order chi connectivity index (χ1) is 11.6. The van der Waals surface area contributed by atoms with Crippen molar-refractivity contribution in [1.29, 1.82) is 5.26 Å². The molecular formula is C19H16N2O3. The Balaban J connectivity index is 2.22. The summed E-state index contributed by atoms with van der Waals surface area (Å²) in [4.78, 5) is 15.7. The predicted octanol–water partition coefficient (Wildman–Crippen LogP) is 2.84. The van der Waals surface area contributed by atoms with Crippen molar-refractivity contribution in [3.8, 4) is 6.07 Å². The van der Waals surface area contributed by atoms with E-state index in [1.54, 1.807) is 37.4 Å². The van der Waals surface area contributed by atoms with Crippen LogP contribution in [0.2, 0.25) is 0 Å². The summed E-state index contributed by atoms with van der Waals surface area (Å²) in [5, 5.41) is 21.0. The fraction of sp³-hybridized carbons (Fsp3) is 0.158. The van der Waals surface area contributed by atoms with Gasteiger partial charge in [-0.05, 0) is 30.7 Å². The SMILES string of the molecule is CCOC(=O)[C@@](O)(c1ccc(C#N)cc1)c1c[nH]c2ccccc12. The van der Waals surface area contributed by atoms with Crippen molar-refractivity contribution in [3.05, 3.63) is 71.4 Å². The molecule has 0 aliphatic rings. The summed E-state index contributed by atoms with van der Waals surface area (Å²) in [5.41, 5.74) is 0.0718. The number of benzene rings is 2. The largest absolute Gasteiger partial charge is 0.463 e. The number of fused-ring (bicyclic) bond motifs is 1. The van der Waals surface area contributed by atoms with E-state index in [2.05, 4.69) is 4.98 Å². The van der Waals surface area contributed by atoms with Gasteiger partial charge in [0.05, 0.1) is 18.2 Å². The number of aromatic amines is 1. The summed E-state index contributed by atoms with van der Waals surface area (Å²) >= 11 is 0. The minimum Gasteiger partial charge on any atom is -0.463 e. The van der Waals surface area contributed by atoms with Gasteiger partial charge in [-0.1, -0.05) is 30.3 Å². The zero-order valence-electron chi connectivity index (χ0n) is 13.1. The second-order valence-electron chi connectivity index (χ2n) is 5.37. The van der Waals surface area contributed by atoms with Crippen LogP contribution in [0, 0.1) is 11.3 Å². The fourth-order valence-electron chi connectivity index (χ4n) is 2.78. The molecule has 5 heteroatoms. The van der Waals surface area contributed by atoms with Gasteiger partial charge in [-0.15, -0.1) is 0 Å². The third-order valence-electron chi connectivity index (χ3n) is 3.98. The van der Waals surface area contributed by atoms with Gasteiger partial charge >= 0.3 is 5.97 Å². The monoisotopic (exact) mass is 320 g/mol. The van der Waals surface area contributed by atoms with Gasteiger partial charge in [0.2, 0.25) is 5.60 Å². The standard InChI is InChI=1S/C19H16N2O3/c1-2-24-18(22)19(23,14-9-7-13(11-20)8-10-14)16-12-21-17-6-4-3-5-15(16)17/h3-10,12,21,23H,2H2,1H3/t19-/m1/s1. The Kier molecular flexibility index (Phi) is 4.07. The van der Waals surface area contributed by atoms with Crippen molar-refractivity contribution in [3.63, 3.8) is 0 Å². The summed E-state index contributed by atoms with van der Waals surface area (Å²) in [7, 11) is 0. The van der Waals surface area contributed by atoms with Gasteiger partial charge < -0.3 is 14.8 Å². The van der Waals surface area contributed by atoms with Crippen LogP contribution >= 0.6 is 0 Å². The Bertz CT molecular complexity index is 922. The smallest absolute Gasteiger partial charge is 0.347 e. The molecular weight excluding hydrogens is 304 g/mol. The van der Waals surface area contributed by atoms with Crippen molar-refractivity contribution in [2.45, 2.75) is 12.5 Å². The van der Waals surface area contributed by atoms with Gasteiger partial charge in [0, 0.05) is 22.7 Å². The van der Waals surface area contributed by atoms with Gasteiger partial charge in [0.1, 0.15) is 0 Å². The molecule has 3 aromatic rings. The number of nitrogens with zero attached hydrogens (tertiary/aromatic N) is 1. The molecule has 0 amide bonds. The maximum Gasteiger partial charge on any atom is 0.347 e. The molecule has 1 atom stereocenters. The number of rotatable bonds is 4. The highest BCUT2D eigenvalue weighted by Gasteiger charge is 2.43. The number of para-hydroxylation sites is 1. The lowest BCUT2D eigenvalue weighted by molar-refractivity contribution is -0.161. The van der Waals surface area contributed by atoms with E-state index in [4.69, 9.17) is 10.00 Å². The van der Waals surface area contributed by atoms with Crippen molar-refractivity contribution in [1.82, 2.24) is 4.98 Å². The lowest BCUT2D eigenvalue weighted by Gasteiger charge is -2.26. The Labute approximate surface area is 139 Å². The quantitative estimate of drug-likeness (QED) is 0.724. The number of hydrogen-bond acceptors (Lipinski definition) is 4. The first kappa shape index (κ1) is 15.8. The highest BCUT2D eigenvalue weighted by Crippen LogP contribution is 2.36. The second-order valence-corrected chi connectivity index (χ2v) is 5.37. The van der Waals surface area contributed by atoms with Crippen LogP contribution in [0.25, 0.3) is 10.9 Å². The molecule has 0 bridgehead atoms.